The van der Waals surface area contributed by atoms with Crippen molar-refractivity contribution in [2.45, 2.75) is 94.4 Å². The number of methoxy groups -OCH3 is 1. The van der Waals surface area contributed by atoms with Crippen LogP contribution in [0.25, 0.3) is 0 Å². The lowest BCUT2D eigenvalue weighted by atomic mass is 9.44. The Morgan fingerprint density at radius 3 is 2.15 bits per heavy atom. The van der Waals surface area contributed by atoms with E-state index in [2.05, 4.69) is 5.32 Å². The van der Waals surface area contributed by atoms with Gasteiger partial charge in [-0.05, 0) is 79.1 Å². The third-order valence-electron chi connectivity index (χ3n) is 13.3. The molecule has 14 nitrogen and oxygen atoms in total. The number of ether oxygens (including phenoxy) is 4. The normalized spacial score (nSPS) is 33.1. The number of fused-ring (bicyclic) bond motifs is 5. The summed E-state index contributed by atoms with van der Waals surface area (Å²) in [5.74, 6) is -5.57. The molecule has 15 heteroatoms. The summed E-state index contributed by atoms with van der Waals surface area (Å²) in [6, 6.07) is 17.0. The van der Waals surface area contributed by atoms with Crippen LogP contribution in [0.4, 0.5) is 4.39 Å². The lowest BCUT2D eigenvalue weighted by Crippen LogP contribution is -2.81. The SMILES string of the molecule is COc1ccc(C(=O)NC(c2ccc(F)cc2)C(O)C(=O)OC2CC3(O)C(OC(=O)c4ccccc4)C4[C@]5(O)COC5CC(O)[C@@]4(C)C(=O)C(O)C(=C2C)C3(C)C)cc1. The molecule has 9 unspecified atom stereocenters. The van der Waals surface area contributed by atoms with Crippen molar-refractivity contribution >= 4 is 23.6 Å². The van der Waals surface area contributed by atoms with Crippen LogP contribution in [0.2, 0.25) is 0 Å². The van der Waals surface area contributed by atoms with E-state index in [1.54, 1.807) is 18.2 Å². The highest BCUT2D eigenvalue weighted by atomic mass is 19.1. The maximum absolute atomic E-state index is 14.7. The molecule has 6 N–H and O–H groups in total. The standard InChI is InChI=1S/C44H48FNO13/c1-22-28(58-40(53)34(49)32(23-11-15-26(45)16-12-23)46-38(51)24-13-17-27(56-5)18-14-24)20-44(55)37(59-39(52)25-9-7-6-8-10-25)35-42(4,29(47)19-30-43(35,54)21-57-30)36(50)33(48)31(22)41(44,2)3/h6-18,28-30,32-35,37,47-49,54-55H,19-21H2,1-5H3,(H,46,51)/t28?,29?,30?,32?,33?,34?,35?,37?,42-,43+,44?/m1/s1. The number of esters is 2. The van der Waals surface area contributed by atoms with Gasteiger partial charge in [0.25, 0.3) is 5.91 Å². The highest BCUT2D eigenvalue weighted by Crippen LogP contribution is 2.63. The van der Waals surface area contributed by atoms with Gasteiger partial charge >= 0.3 is 11.9 Å². The molecule has 1 amide bonds. The van der Waals surface area contributed by atoms with Crippen molar-refractivity contribution in [3.05, 3.63) is 113 Å². The Morgan fingerprint density at radius 2 is 1.56 bits per heavy atom. The number of aliphatic hydroxyl groups is 5. The van der Waals surface area contributed by atoms with Crippen molar-refractivity contribution in [3.8, 4) is 5.75 Å². The summed E-state index contributed by atoms with van der Waals surface area (Å²) in [7, 11) is 1.46. The van der Waals surface area contributed by atoms with E-state index < -0.39 is 106 Å². The van der Waals surface area contributed by atoms with Gasteiger partial charge in [0, 0.05) is 29.7 Å². The van der Waals surface area contributed by atoms with Gasteiger partial charge in [-0.15, -0.1) is 0 Å². The highest BCUT2D eigenvalue weighted by Gasteiger charge is 2.76. The van der Waals surface area contributed by atoms with Crippen LogP contribution in [-0.2, 0) is 23.8 Å². The Morgan fingerprint density at radius 1 is 0.915 bits per heavy atom. The number of hydrogen-bond acceptors (Lipinski definition) is 13. The van der Waals surface area contributed by atoms with E-state index in [1.165, 1.54) is 83.3 Å². The first-order chi connectivity index (χ1) is 27.8. The molecular weight excluding hydrogens is 769 g/mol. The number of aliphatic hydroxyl groups excluding tert-OH is 3. The van der Waals surface area contributed by atoms with Crippen molar-refractivity contribution in [1.82, 2.24) is 5.32 Å². The molecule has 1 saturated heterocycles. The summed E-state index contributed by atoms with van der Waals surface area (Å²) in [5, 5.41) is 63.6. The van der Waals surface area contributed by atoms with E-state index >= 15 is 0 Å². The second-order valence-corrected chi connectivity index (χ2v) is 16.7. The minimum absolute atomic E-state index is 0.0752. The molecule has 0 aromatic heterocycles. The largest absolute Gasteiger partial charge is 0.497 e. The molecule has 1 heterocycles. The van der Waals surface area contributed by atoms with Crippen LogP contribution in [0.15, 0.2) is 90.0 Å². The fraction of sp³-hybridized carbons (Fsp3) is 0.455. The van der Waals surface area contributed by atoms with E-state index in [-0.39, 0.29) is 40.9 Å². The van der Waals surface area contributed by atoms with Crippen LogP contribution >= 0.6 is 0 Å². The molecule has 3 aliphatic carbocycles. The van der Waals surface area contributed by atoms with Crippen LogP contribution in [0, 0.1) is 22.6 Å². The van der Waals surface area contributed by atoms with Gasteiger partial charge in [-0.1, -0.05) is 44.2 Å². The number of carbonyl (C=O) groups is 4. The zero-order valence-corrected chi connectivity index (χ0v) is 33.1. The molecule has 59 heavy (non-hydrogen) atoms. The molecule has 2 bridgehead atoms. The van der Waals surface area contributed by atoms with Crippen molar-refractivity contribution in [1.29, 1.82) is 0 Å². The molecule has 7 rings (SSSR count). The van der Waals surface area contributed by atoms with Gasteiger partial charge in [0.1, 0.15) is 41.1 Å². The third kappa shape index (κ3) is 6.73. The Balaban J connectivity index is 1.30. The summed E-state index contributed by atoms with van der Waals surface area (Å²) in [4.78, 5) is 56.3. The van der Waals surface area contributed by atoms with E-state index in [0.29, 0.717) is 5.75 Å². The summed E-state index contributed by atoms with van der Waals surface area (Å²) in [6.45, 7) is 5.55. The Kier molecular flexibility index (Phi) is 10.9. The topological polar surface area (TPSA) is 218 Å². The van der Waals surface area contributed by atoms with Crippen LogP contribution in [0.5, 0.6) is 5.75 Å². The van der Waals surface area contributed by atoms with E-state index in [9.17, 15) is 49.1 Å². The number of ketones is 1. The molecule has 4 aliphatic rings. The molecule has 1 aliphatic heterocycles. The van der Waals surface area contributed by atoms with Gasteiger partial charge in [0.2, 0.25) is 0 Å². The second-order valence-electron chi connectivity index (χ2n) is 16.7. The van der Waals surface area contributed by atoms with Crippen molar-refractivity contribution in [2.24, 2.45) is 16.7 Å². The van der Waals surface area contributed by atoms with Gasteiger partial charge in [-0.25, -0.2) is 14.0 Å². The van der Waals surface area contributed by atoms with Crippen molar-refractivity contribution in [3.63, 3.8) is 0 Å². The van der Waals surface area contributed by atoms with E-state index in [1.807, 2.05) is 0 Å². The Bertz CT molecular complexity index is 2160. The number of hydrogen-bond donors (Lipinski definition) is 6. The maximum atomic E-state index is 14.7. The first-order valence-electron chi connectivity index (χ1n) is 19.3. The molecule has 314 valence electrons. The Labute approximate surface area is 339 Å². The van der Waals surface area contributed by atoms with Gasteiger partial charge in [-0.3, -0.25) is 9.59 Å². The molecule has 11 atom stereocenters. The molecule has 0 spiro atoms. The molecule has 3 aromatic carbocycles. The second kappa shape index (κ2) is 15.2. The zero-order valence-electron chi connectivity index (χ0n) is 33.1. The van der Waals surface area contributed by atoms with E-state index in [0.717, 1.165) is 12.1 Å². The van der Waals surface area contributed by atoms with Gasteiger partial charge in [0.05, 0.1) is 42.9 Å². The predicted octanol–water partition coefficient (Wildman–Crippen LogP) is 2.74. The third-order valence-corrected chi connectivity index (χ3v) is 13.3. The fourth-order valence-electron chi connectivity index (χ4n) is 9.70. The first-order valence-corrected chi connectivity index (χ1v) is 19.3. The lowest BCUT2D eigenvalue weighted by molar-refractivity contribution is -0.343. The average Bonchev–Trinajstić information content (AvgIpc) is 3.22. The highest BCUT2D eigenvalue weighted by molar-refractivity contribution is 5.95. The molecule has 0 radical (unpaired) electrons. The molecule has 3 aromatic rings. The van der Waals surface area contributed by atoms with Crippen LogP contribution in [0.1, 0.15) is 72.9 Å². The lowest BCUT2D eigenvalue weighted by Gasteiger charge is -2.66. The van der Waals surface area contributed by atoms with Gasteiger partial charge in [-0.2, -0.15) is 0 Å². The van der Waals surface area contributed by atoms with Crippen LogP contribution < -0.4 is 10.1 Å². The maximum Gasteiger partial charge on any atom is 0.338 e. The van der Waals surface area contributed by atoms with Gasteiger partial charge < -0.3 is 49.8 Å². The monoisotopic (exact) mass is 817 g/mol. The quantitative estimate of drug-likeness (QED) is 0.135. The number of rotatable bonds is 9. The summed E-state index contributed by atoms with van der Waals surface area (Å²) < 4.78 is 37.0. The van der Waals surface area contributed by atoms with Crippen molar-refractivity contribution in [2.75, 3.05) is 13.7 Å². The van der Waals surface area contributed by atoms with Crippen LogP contribution in [-0.4, -0.2) is 111 Å². The number of nitrogens with one attached hydrogen (secondary N) is 1. The minimum atomic E-state index is -2.36. The van der Waals surface area contributed by atoms with E-state index in [4.69, 9.17) is 18.9 Å². The summed E-state index contributed by atoms with van der Waals surface area (Å²) in [6.07, 6.45) is -10.8. The van der Waals surface area contributed by atoms with Gasteiger partial charge in [0.15, 0.2) is 11.9 Å². The Hall–Kier alpha value is -5.03. The number of amides is 1. The predicted molar refractivity (Wildman–Crippen MR) is 205 cm³/mol. The zero-order chi connectivity index (χ0) is 42.8. The summed E-state index contributed by atoms with van der Waals surface area (Å²) >= 11 is 0. The van der Waals surface area contributed by atoms with Crippen LogP contribution in [0.3, 0.4) is 0 Å². The average molecular weight is 818 g/mol. The number of benzene rings is 3. The molecule has 3 fully saturated rings. The first kappa shape index (κ1) is 42.1. The van der Waals surface area contributed by atoms with Crippen molar-refractivity contribution < 1.29 is 68.0 Å². The fourth-order valence-corrected chi connectivity index (χ4v) is 9.70. The smallest absolute Gasteiger partial charge is 0.338 e. The number of Topliss-reactive ketones (excluding diaryl/α,β-unsaturated/α-hetero) is 1. The number of carbonyl (C=O) groups excluding carboxylic acids is 4. The summed E-state index contributed by atoms with van der Waals surface area (Å²) in [5.41, 5.74) is -7.54. The molecular formula is C44H48FNO13. The molecule has 2 saturated carbocycles. The number of halogens is 1. The minimum Gasteiger partial charge on any atom is -0.497 e.